The van der Waals surface area contributed by atoms with E-state index in [1.807, 2.05) is 0 Å². The standard InChI is InChI=1S/C59H108O6/c1-4-7-10-13-16-19-21-23-24-25-26-27-28-29-30-31-32-33-34-36-37-40-43-46-49-52-58(61)64-55-56(54-63-57(60)51-48-45-42-39-18-15-12-9-6-3)65-59(62)53-50-47-44-41-38-35-22-20-17-14-11-8-5-2/h8,11,17,20,35,38,56H,4-7,9-10,12-16,18-19,21-34,36-37,39-55H2,1-3H3/b11-8-,20-17-,38-35-. The summed E-state index contributed by atoms with van der Waals surface area (Å²) in [6, 6.07) is 0. The molecule has 0 saturated carbocycles. The Hall–Kier alpha value is -2.37. The zero-order valence-electron chi connectivity index (χ0n) is 43.5. The number of carbonyl (C=O) groups is 3. The third-order valence-corrected chi connectivity index (χ3v) is 12.7. The highest BCUT2D eigenvalue weighted by molar-refractivity contribution is 5.71. The van der Waals surface area contributed by atoms with Crippen molar-refractivity contribution in [2.24, 2.45) is 0 Å². The molecule has 0 amide bonds. The van der Waals surface area contributed by atoms with Crippen molar-refractivity contribution < 1.29 is 28.6 Å². The summed E-state index contributed by atoms with van der Waals surface area (Å²) >= 11 is 0. The molecule has 0 bridgehead atoms. The second kappa shape index (κ2) is 54.2. The lowest BCUT2D eigenvalue weighted by Crippen LogP contribution is -2.30. The summed E-state index contributed by atoms with van der Waals surface area (Å²) in [5, 5.41) is 0. The number of allylic oxidation sites excluding steroid dienone is 6. The third kappa shape index (κ3) is 52.5. The lowest BCUT2D eigenvalue weighted by atomic mass is 10.0. The highest BCUT2D eigenvalue weighted by Crippen LogP contribution is 2.17. The van der Waals surface area contributed by atoms with E-state index in [9.17, 15) is 14.4 Å². The Labute approximate surface area is 404 Å². The molecular formula is C59H108O6. The van der Waals surface area contributed by atoms with Gasteiger partial charge in [-0.05, 0) is 51.4 Å². The zero-order chi connectivity index (χ0) is 47.2. The van der Waals surface area contributed by atoms with Crippen molar-refractivity contribution in [2.75, 3.05) is 13.2 Å². The molecule has 0 saturated heterocycles. The quantitative estimate of drug-likeness (QED) is 0.0262. The fourth-order valence-electron chi connectivity index (χ4n) is 8.40. The van der Waals surface area contributed by atoms with E-state index < -0.39 is 6.10 Å². The van der Waals surface area contributed by atoms with Gasteiger partial charge in [-0.25, -0.2) is 0 Å². The molecule has 0 radical (unpaired) electrons. The van der Waals surface area contributed by atoms with Crippen molar-refractivity contribution >= 4 is 17.9 Å². The Morgan fingerprint density at radius 1 is 0.323 bits per heavy atom. The molecule has 0 aliphatic heterocycles. The normalized spacial score (nSPS) is 12.2. The molecule has 1 unspecified atom stereocenters. The molecule has 65 heavy (non-hydrogen) atoms. The van der Waals surface area contributed by atoms with Crippen molar-refractivity contribution in [3.05, 3.63) is 36.5 Å². The predicted octanol–water partition coefficient (Wildman–Crippen LogP) is 18.9. The number of hydrogen-bond donors (Lipinski definition) is 0. The Balaban J connectivity index is 4.14. The largest absolute Gasteiger partial charge is 0.462 e. The minimum Gasteiger partial charge on any atom is -0.462 e. The van der Waals surface area contributed by atoms with Crippen molar-refractivity contribution in [1.82, 2.24) is 0 Å². The molecule has 0 aliphatic carbocycles. The first-order valence-electron chi connectivity index (χ1n) is 28.5. The molecule has 0 spiro atoms. The van der Waals surface area contributed by atoms with Gasteiger partial charge in [-0.1, -0.05) is 269 Å². The van der Waals surface area contributed by atoms with Crippen molar-refractivity contribution in [2.45, 2.75) is 309 Å². The third-order valence-electron chi connectivity index (χ3n) is 12.7. The van der Waals surface area contributed by atoms with Gasteiger partial charge < -0.3 is 14.2 Å². The number of hydrogen-bond acceptors (Lipinski definition) is 6. The monoisotopic (exact) mass is 913 g/mol. The Bertz CT molecular complexity index is 1090. The smallest absolute Gasteiger partial charge is 0.306 e. The Morgan fingerprint density at radius 3 is 0.938 bits per heavy atom. The molecule has 0 aliphatic rings. The Morgan fingerprint density at radius 2 is 0.600 bits per heavy atom. The van der Waals surface area contributed by atoms with E-state index in [1.54, 1.807) is 0 Å². The molecular weight excluding hydrogens is 805 g/mol. The lowest BCUT2D eigenvalue weighted by molar-refractivity contribution is -0.167. The fourth-order valence-corrected chi connectivity index (χ4v) is 8.40. The summed E-state index contributed by atoms with van der Waals surface area (Å²) in [7, 11) is 0. The lowest BCUT2D eigenvalue weighted by Gasteiger charge is -2.18. The van der Waals surface area contributed by atoms with Gasteiger partial charge in [0.25, 0.3) is 0 Å². The fraction of sp³-hybridized carbons (Fsp3) is 0.847. The highest BCUT2D eigenvalue weighted by Gasteiger charge is 2.19. The van der Waals surface area contributed by atoms with Crippen LogP contribution < -0.4 is 0 Å². The molecule has 0 aromatic heterocycles. The van der Waals surface area contributed by atoms with Gasteiger partial charge in [0.05, 0.1) is 0 Å². The molecule has 0 aromatic rings. The van der Waals surface area contributed by atoms with Crippen LogP contribution in [0.15, 0.2) is 36.5 Å². The zero-order valence-corrected chi connectivity index (χ0v) is 43.5. The number of unbranched alkanes of at least 4 members (excludes halogenated alkanes) is 35. The van der Waals surface area contributed by atoms with Crippen LogP contribution in [0.4, 0.5) is 0 Å². The van der Waals surface area contributed by atoms with Crippen molar-refractivity contribution in [3.63, 3.8) is 0 Å². The summed E-state index contributed by atoms with van der Waals surface area (Å²) < 4.78 is 16.8. The molecule has 0 N–H and O–H groups in total. The summed E-state index contributed by atoms with van der Waals surface area (Å²) in [4.78, 5) is 37.9. The first-order valence-corrected chi connectivity index (χ1v) is 28.5. The molecule has 6 nitrogen and oxygen atoms in total. The van der Waals surface area contributed by atoms with Gasteiger partial charge in [-0.2, -0.15) is 0 Å². The van der Waals surface area contributed by atoms with Crippen LogP contribution in [0.3, 0.4) is 0 Å². The van der Waals surface area contributed by atoms with E-state index in [0.717, 1.165) is 83.5 Å². The first kappa shape index (κ1) is 62.6. The molecule has 6 heteroatoms. The predicted molar refractivity (Wildman–Crippen MR) is 279 cm³/mol. The van der Waals surface area contributed by atoms with Crippen LogP contribution in [-0.4, -0.2) is 37.2 Å². The van der Waals surface area contributed by atoms with Crippen molar-refractivity contribution in [1.29, 1.82) is 0 Å². The molecule has 0 rings (SSSR count). The Kier molecular flexibility index (Phi) is 52.3. The van der Waals surface area contributed by atoms with Gasteiger partial charge >= 0.3 is 17.9 Å². The topological polar surface area (TPSA) is 78.9 Å². The van der Waals surface area contributed by atoms with Gasteiger partial charge in [-0.3, -0.25) is 14.4 Å². The van der Waals surface area contributed by atoms with E-state index >= 15 is 0 Å². The molecule has 0 aromatic carbocycles. The molecule has 0 fully saturated rings. The number of rotatable bonds is 52. The molecule has 1 atom stereocenters. The first-order chi connectivity index (χ1) is 32.0. The molecule has 0 heterocycles. The average molecular weight is 914 g/mol. The summed E-state index contributed by atoms with van der Waals surface area (Å²) in [6.45, 7) is 6.52. The van der Waals surface area contributed by atoms with E-state index in [2.05, 4.69) is 57.2 Å². The van der Waals surface area contributed by atoms with E-state index in [4.69, 9.17) is 14.2 Å². The van der Waals surface area contributed by atoms with Gasteiger partial charge in [-0.15, -0.1) is 0 Å². The van der Waals surface area contributed by atoms with Crippen LogP contribution >= 0.6 is 0 Å². The van der Waals surface area contributed by atoms with Crippen LogP contribution in [0.25, 0.3) is 0 Å². The maximum Gasteiger partial charge on any atom is 0.306 e. The summed E-state index contributed by atoms with van der Waals surface area (Å²) in [5.74, 6) is -0.898. The van der Waals surface area contributed by atoms with Gasteiger partial charge in [0.2, 0.25) is 0 Å². The molecule has 380 valence electrons. The van der Waals surface area contributed by atoms with Crippen LogP contribution in [-0.2, 0) is 28.6 Å². The second-order valence-electron chi connectivity index (χ2n) is 19.2. The number of carbonyl (C=O) groups excluding carboxylic acids is 3. The average Bonchev–Trinajstić information content (AvgIpc) is 3.30. The second-order valence-corrected chi connectivity index (χ2v) is 19.2. The van der Waals surface area contributed by atoms with Gasteiger partial charge in [0, 0.05) is 19.3 Å². The summed E-state index contributed by atoms with van der Waals surface area (Å²) in [6.07, 6.45) is 64.5. The van der Waals surface area contributed by atoms with Gasteiger partial charge in [0.1, 0.15) is 13.2 Å². The summed E-state index contributed by atoms with van der Waals surface area (Å²) in [5.41, 5.74) is 0. The maximum absolute atomic E-state index is 12.8. The van der Waals surface area contributed by atoms with Crippen molar-refractivity contribution in [3.8, 4) is 0 Å². The minimum atomic E-state index is -0.781. The van der Waals surface area contributed by atoms with Crippen LogP contribution in [0.1, 0.15) is 303 Å². The van der Waals surface area contributed by atoms with Crippen LogP contribution in [0, 0.1) is 0 Å². The van der Waals surface area contributed by atoms with Gasteiger partial charge in [0.15, 0.2) is 6.10 Å². The SMILES string of the molecule is CC/C=C\C/C=C\C/C=C\CCCCCC(=O)OC(COC(=O)CCCCCCCCCCC)COC(=O)CCCCCCCCCCCCCCCCCCCCCCCCCCC. The maximum atomic E-state index is 12.8. The van der Waals surface area contributed by atoms with Crippen LogP contribution in [0.2, 0.25) is 0 Å². The highest BCUT2D eigenvalue weighted by atomic mass is 16.6. The minimum absolute atomic E-state index is 0.0799. The van der Waals surface area contributed by atoms with E-state index in [1.165, 1.54) is 180 Å². The number of esters is 3. The van der Waals surface area contributed by atoms with Crippen LogP contribution in [0.5, 0.6) is 0 Å². The van der Waals surface area contributed by atoms with E-state index in [-0.39, 0.29) is 31.1 Å². The number of ether oxygens (including phenoxy) is 3. The van der Waals surface area contributed by atoms with E-state index in [0.29, 0.717) is 19.3 Å².